The number of rotatable bonds is 7. The van der Waals surface area contributed by atoms with Crippen LogP contribution in [0.3, 0.4) is 0 Å². The minimum atomic E-state index is -0.229. The lowest BCUT2D eigenvalue weighted by Crippen LogP contribution is -2.30. The molecule has 150 valence electrons. The van der Waals surface area contributed by atoms with E-state index in [2.05, 4.69) is 15.5 Å². The molecule has 0 radical (unpaired) electrons. The van der Waals surface area contributed by atoms with Crippen LogP contribution in [-0.2, 0) is 22.4 Å². The lowest BCUT2D eigenvalue weighted by molar-refractivity contribution is -0.122. The lowest BCUT2D eigenvalue weighted by Gasteiger charge is -2.14. The fraction of sp³-hybridized carbons (Fsp3) is 0.391. The van der Waals surface area contributed by atoms with Crippen molar-refractivity contribution in [3.63, 3.8) is 0 Å². The van der Waals surface area contributed by atoms with Crippen molar-refractivity contribution in [2.75, 3.05) is 6.54 Å². The zero-order chi connectivity index (χ0) is 20.2. The Labute approximate surface area is 170 Å². The number of fused-ring (bicyclic) bond motifs is 1. The molecule has 6 nitrogen and oxygen atoms in total. The van der Waals surface area contributed by atoms with Crippen LogP contribution in [0.25, 0.3) is 5.65 Å². The van der Waals surface area contributed by atoms with Crippen LogP contribution in [0.4, 0.5) is 0 Å². The van der Waals surface area contributed by atoms with E-state index in [1.165, 1.54) is 5.56 Å². The Hall–Kier alpha value is -3.02. The molecule has 29 heavy (non-hydrogen) atoms. The van der Waals surface area contributed by atoms with Crippen molar-refractivity contribution in [3.8, 4) is 0 Å². The third-order valence-electron chi connectivity index (χ3n) is 5.82. The molecule has 1 N–H and O–H groups in total. The Morgan fingerprint density at radius 3 is 2.79 bits per heavy atom. The predicted molar refractivity (Wildman–Crippen MR) is 111 cm³/mol. The number of nitrogens with one attached hydrogen (secondary N) is 1. The standard InChI is InChI=1S/C23H26N4O2/c1-16(18-10-8-17(9-11-18)15-19-5-4-6-20(19)28)23(29)24-13-12-22-26-25-21-7-2-3-14-27(21)22/h2-3,7-11,14,16,19H,4-6,12-13,15H2,1H3,(H,24,29)/t16-,19+/m1/s1. The molecule has 0 spiro atoms. The van der Waals surface area contributed by atoms with E-state index in [0.717, 1.165) is 42.7 Å². The van der Waals surface area contributed by atoms with Crippen LogP contribution in [0.5, 0.6) is 0 Å². The van der Waals surface area contributed by atoms with Crippen molar-refractivity contribution in [1.29, 1.82) is 0 Å². The number of hydrogen-bond acceptors (Lipinski definition) is 4. The van der Waals surface area contributed by atoms with Crippen LogP contribution >= 0.6 is 0 Å². The molecule has 1 aliphatic carbocycles. The van der Waals surface area contributed by atoms with Crippen LogP contribution in [0.1, 0.15) is 49.1 Å². The summed E-state index contributed by atoms with van der Waals surface area (Å²) >= 11 is 0. The van der Waals surface area contributed by atoms with Crippen LogP contribution in [0.15, 0.2) is 48.7 Å². The number of amides is 1. The molecule has 0 unspecified atom stereocenters. The van der Waals surface area contributed by atoms with Gasteiger partial charge in [0.1, 0.15) is 11.6 Å². The molecule has 2 atom stereocenters. The summed E-state index contributed by atoms with van der Waals surface area (Å²) in [5.74, 6) is 1.17. The van der Waals surface area contributed by atoms with Crippen LogP contribution in [0.2, 0.25) is 0 Å². The van der Waals surface area contributed by atoms with Gasteiger partial charge in [0, 0.05) is 31.5 Å². The molecule has 0 aliphatic heterocycles. The van der Waals surface area contributed by atoms with Crippen molar-refractivity contribution in [1.82, 2.24) is 19.9 Å². The van der Waals surface area contributed by atoms with Crippen LogP contribution in [-0.4, -0.2) is 32.8 Å². The first kappa shape index (κ1) is 19.3. The van der Waals surface area contributed by atoms with Gasteiger partial charge in [-0.15, -0.1) is 10.2 Å². The molecule has 1 aromatic carbocycles. The second-order valence-corrected chi connectivity index (χ2v) is 7.81. The van der Waals surface area contributed by atoms with Gasteiger partial charge in [-0.3, -0.25) is 14.0 Å². The van der Waals surface area contributed by atoms with E-state index >= 15 is 0 Å². The smallest absolute Gasteiger partial charge is 0.227 e. The second kappa shape index (κ2) is 8.55. The number of ketones is 1. The second-order valence-electron chi connectivity index (χ2n) is 7.81. The van der Waals surface area contributed by atoms with Gasteiger partial charge in [-0.1, -0.05) is 30.3 Å². The van der Waals surface area contributed by atoms with Gasteiger partial charge in [0.15, 0.2) is 5.65 Å². The molecule has 1 amide bonds. The van der Waals surface area contributed by atoms with Gasteiger partial charge in [-0.2, -0.15) is 0 Å². The Kier molecular flexibility index (Phi) is 5.69. The minimum Gasteiger partial charge on any atom is -0.355 e. The van der Waals surface area contributed by atoms with E-state index in [9.17, 15) is 9.59 Å². The fourth-order valence-electron chi connectivity index (χ4n) is 3.99. The highest BCUT2D eigenvalue weighted by Crippen LogP contribution is 2.26. The molecule has 1 aliphatic rings. The summed E-state index contributed by atoms with van der Waals surface area (Å²) in [6.07, 6.45) is 6.11. The average Bonchev–Trinajstić information content (AvgIpc) is 3.34. The number of benzene rings is 1. The topological polar surface area (TPSA) is 76.4 Å². The highest BCUT2D eigenvalue weighted by molar-refractivity contribution is 5.83. The number of nitrogens with zero attached hydrogens (tertiary/aromatic N) is 3. The molecule has 2 heterocycles. The maximum Gasteiger partial charge on any atom is 0.227 e. The molecule has 4 rings (SSSR count). The molecule has 6 heteroatoms. The van der Waals surface area contributed by atoms with Crippen LogP contribution in [0, 0.1) is 5.92 Å². The van der Waals surface area contributed by atoms with Gasteiger partial charge in [-0.05, 0) is 49.4 Å². The number of hydrogen-bond donors (Lipinski definition) is 1. The van der Waals surface area contributed by atoms with Crippen molar-refractivity contribution in [3.05, 3.63) is 65.6 Å². The molecule has 3 aromatic rings. The summed E-state index contributed by atoms with van der Waals surface area (Å²) in [5, 5.41) is 11.3. The van der Waals surface area contributed by atoms with E-state index in [-0.39, 0.29) is 17.7 Å². The summed E-state index contributed by atoms with van der Waals surface area (Å²) < 4.78 is 1.93. The van der Waals surface area contributed by atoms with Gasteiger partial charge in [0.05, 0.1) is 5.92 Å². The number of carbonyl (C=O) groups is 2. The highest BCUT2D eigenvalue weighted by Gasteiger charge is 2.24. The van der Waals surface area contributed by atoms with Gasteiger partial charge >= 0.3 is 0 Å². The third kappa shape index (κ3) is 4.36. The Morgan fingerprint density at radius 1 is 1.21 bits per heavy atom. The van der Waals surface area contributed by atoms with E-state index in [0.29, 0.717) is 18.7 Å². The van der Waals surface area contributed by atoms with E-state index < -0.39 is 0 Å². The van der Waals surface area contributed by atoms with E-state index in [4.69, 9.17) is 0 Å². The summed E-state index contributed by atoms with van der Waals surface area (Å²) in [7, 11) is 0. The number of aromatic nitrogens is 3. The summed E-state index contributed by atoms with van der Waals surface area (Å²) in [4.78, 5) is 24.4. The highest BCUT2D eigenvalue weighted by atomic mass is 16.1. The van der Waals surface area contributed by atoms with Crippen molar-refractivity contribution < 1.29 is 9.59 Å². The molecular formula is C23H26N4O2. The first-order valence-electron chi connectivity index (χ1n) is 10.3. The van der Waals surface area contributed by atoms with Crippen molar-refractivity contribution in [2.45, 2.75) is 44.9 Å². The molecule has 0 saturated heterocycles. The lowest BCUT2D eigenvalue weighted by atomic mass is 9.94. The number of pyridine rings is 1. The normalized spacial score (nSPS) is 17.6. The van der Waals surface area contributed by atoms with Gasteiger partial charge < -0.3 is 5.32 Å². The third-order valence-corrected chi connectivity index (χ3v) is 5.82. The Morgan fingerprint density at radius 2 is 2.03 bits per heavy atom. The molecule has 1 fully saturated rings. The fourth-order valence-corrected chi connectivity index (χ4v) is 3.99. The Bertz CT molecular complexity index is 1010. The predicted octanol–water partition coefficient (Wildman–Crippen LogP) is 3.10. The zero-order valence-electron chi connectivity index (χ0n) is 16.7. The first-order valence-corrected chi connectivity index (χ1v) is 10.3. The summed E-state index contributed by atoms with van der Waals surface area (Å²) in [6, 6.07) is 13.9. The van der Waals surface area contributed by atoms with Crippen molar-refractivity contribution in [2.24, 2.45) is 5.92 Å². The molecule has 2 aromatic heterocycles. The van der Waals surface area contributed by atoms with Crippen LogP contribution < -0.4 is 5.32 Å². The van der Waals surface area contributed by atoms with Gasteiger partial charge in [0.2, 0.25) is 5.91 Å². The summed E-state index contributed by atoms with van der Waals surface area (Å²) in [6.45, 7) is 2.43. The monoisotopic (exact) mass is 390 g/mol. The zero-order valence-corrected chi connectivity index (χ0v) is 16.7. The molecule has 0 bridgehead atoms. The Balaban J connectivity index is 1.30. The first-order chi connectivity index (χ1) is 14.1. The van der Waals surface area contributed by atoms with Gasteiger partial charge in [0.25, 0.3) is 0 Å². The van der Waals surface area contributed by atoms with E-state index in [1.54, 1.807) is 0 Å². The van der Waals surface area contributed by atoms with Crippen molar-refractivity contribution >= 4 is 17.3 Å². The minimum absolute atomic E-state index is 0.00228. The quantitative estimate of drug-likeness (QED) is 0.673. The SMILES string of the molecule is C[C@@H](C(=O)NCCc1nnc2ccccn12)c1ccc(C[C@@H]2CCCC2=O)cc1. The molecular weight excluding hydrogens is 364 g/mol. The maximum atomic E-state index is 12.5. The van der Waals surface area contributed by atoms with Gasteiger partial charge in [-0.25, -0.2) is 0 Å². The largest absolute Gasteiger partial charge is 0.355 e. The number of carbonyl (C=O) groups excluding carboxylic acids is 2. The average molecular weight is 390 g/mol. The summed E-state index contributed by atoms with van der Waals surface area (Å²) in [5.41, 5.74) is 2.96. The molecule has 1 saturated carbocycles. The maximum absolute atomic E-state index is 12.5. The number of Topliss-reactive ketones (excluding diaryl/α,β-unsaturated/α-hetero) is 1. The van der Waals surface area contributed by atoms with E-state index in [1.807, 2.05) is 60.0 Å².